The van der Waals surface area contributed by atoms with Gasteiger partial charge in [-0.3, -0.25) is 24.6 Å². The molecule has 28 heavy (non-hydrogen) atoms. The number of carbonyl (C=O) groups is 2. The molecule has 9 nitrogen and oxygen atoms in total. The molecule has 154 valence electrons. The van der Waals surface area contributed by atoms with E-state index in [1.165, 1.54) is 6.07 Å². The maximum Gasteiger partial charge on any atom is 0.293 e. The van der Waals surface area contributed by atoms with Crippen LogP contribution in [0.3, 0.4) is 0 Å². The molecule has 0 unspecified atom stereocenters. The molecular formula is C19H29N5O4. The summed E-state index contributed by atoms with van der Waals surface area (Å²) in [4.78, 5) is 39.1. The van der Waals surface area contributed by atoms with Crippen LogP contribution >= 0.6 is 0 Å². The SMILES string of the molecule is CC(C)NC(=O)CN1CCN(c2ccc(C(=O)NC(C)C)cc2[N+](=O)[O-])CC1. The predicted molar refractivity (Wildman–Crippen MR) is 108 cm³/mol. The van der Waals surface area contributed by atoms with Crippen molar-refractivity contribution in [2.24, 2.45) is 0 Å². The van der Waals surface area contributed by atoms with Gasteiger partial charge in [0.05, 0.1) is 11.5 Å². The molecular weight excluding hydrogens is 362 g/mol. The van der Waals surface area contributed by atoms with Gasteiger partial charge in [0.2, 0.25) is 5.91 Å². The standard InChI is InChI=1S/C19H29N5O4/c1-13(2)20-18(25)12-22-7-9-23(10-8-22)16-6-5-15(11-17(16)24(27)28)19(26)21-14(3)4/h5-6,11,13-14H,7-10,12H2,1-4H3,(H,20,25)(H,21,26). The molecule has 0 radical (unpaired) electrons. The van der Waals surface area contributed by atoms with Crippen molar-refractivity contribution in [2.45, 2.75) is 39.8 Å². The van der Waals surface area contributed by atoms with Gasteiger partial charge >= 0.3 is 0 Å². The summed E-state index contributed by atoms with van der Waals surface area (Å²) < 4.78 is 0. The van der Waals surface area contributed by atoms with Gasteiger partial charge in [-0.1, -0.05) is 0 Å². The van der Waals surface area contributed by atoms with E-state index in [1.54, 1.807) is 12.1 Å². The molecule has 0 bridgehead atoms. The minimum atomic E-state index is -0.454. The van der Waals surface area contributed by atoms with Crippen molar-refractivity contribution in [3.8, 4) is 0 Å². The fraction of sp³-hybridized carbons (Fsp3) is 0.579. The highest BCUT2D eigenvalue weighted by Gasteiger charge is 2.26. The van der Waals surface area contributed by atoms with Crippen LogP contribution in [0.15, 0.2) is 18.2 Å². The Kier molecular flexibility index (Phi) is 7.33. The first-order valence-electron chi connectivity index (χ1n) is 9.53. The van der Waals surface area contributed by atoms with Crippen LogP contribution in [0.25, 0.3) is 0 Å². The Labute approximate surface area is 165 Å². The normalized spacial score (nSPS) is 15.0. The molecule has 1 aromatic rings. The Bertz CT molecular complexity index is 727. The maximum absolute atomic E-state index is 12.1. The first kappa shape index (κ1) is 21.6. The highest BCUT2D eigenvalue weighted by atomic mass is 16.6. The maximum atomic E-state index is 12.1. The molecule has 0 atom stereocenters. The molecule has 1 heterocycles. The molecule has 1 fully saturated rings. The number of rotatable bonds is 7. The summed E-state index contributed by atoms with van der Waals surface area (Å²) in [6, 6.07) is 4.63. The van der Waals surface area contributed by atoms with Gasteiger partial charge < -0.3 is 15.5 Å². The number of amides is 2. The Hall–Kier alpha value is -2.68. The lowest BCUT2D eigenvalue weighted by atomic mass is 10.1. The van der Waals surface area contributed by atoms with E-state index in [9.17, 15) is 19.7 Å². The second-order valence-electron chi connectivity index (χ2n) is 7.57. The topological polar surface area (TPSA) is 108 Å². The predicted octanol–water partition coefficient (Wildman–Crippen LogP) is 1.38. The average molecular weight is 391 g/mol. The number of piperazine rings is 1. The van der Waals surface area contributed by atoms with Crippen molar-refractivity contribution in [2.75, 3.05) is 37.6 Å². The number of benzene rings is 1. The zero-order valence-corrected chi connectivity index (χ0v) is 16.9. The van der Waals surface area contributed by atoms with Gasteiger partial charge in [0.15, 0.2) is 0 Å². The average Bonchev–Trinajstić information content (AvgIpc) is 2.60. The second-order valence-corrected chi connectivity index (χ2v) is 7.57. The molecule has 1 aliphatic rings. The number of nitro groups is 1. The quantitative estimate of drug-likeness (QED) is 0.537. The second kappa shape index (κ2) is 9.50. The van der Waals surface area contributed by atoms with E-state index in [4.69, 9.17) is 0 Å². The number of hydrogen-bond donors (Lipinski definition) is 2. The molecule has 2 rings (SSSR count). The molecule has 9 heteroatoms. The van der Waals surface area contributed by atoms with Gasteiger partial charge in [0.1, 0.15) is 5.69 Å². The summed E-state index contributed by atoms with van der Waals surface area (Å²) in [5.74, 6) is -0.347. The number of nitrogens with zero attached hydrogens (tertiary/aromatic N) is 3. The number of nitrogens with one attached hydrogen (secondary N) is 2. The lowest BCUT2D eigenvalue weighted by Crippen LogP contribution is -2.50. The highest BCUT2D eigenvalue weighted by Crippen LogP contribution is 2.30. The fourth-order valence-electron chi connectivity index (χ4n) is 3.14. The fourth-order valence-corrected chi connectivity index (χ4v) is 3.14. The monoisotopic (exact) mass is 391 g/mol. The van der Waals surface area contributed by atoms with Crippen LogP contribution in [0.1, 0.15) is 38.1 Å². The van der Waals surface area contributed by atoms with Crippen molar-refractivity contribution in [1.29, 1.82) is 0 Å². The Balaban J connectivity index is 2.06. The first-order chi connectivity index (χ1) is 13.2. The minimum Gasteiger partial charge on any atom is -0.363 e. The van der Waals surface area contributed by atoms with Crippen molar-refractivity contribution in [3.63, 3.8) is 0 Å². The molecule has 0 saturated carbocycles. The van der Waals surface area contributed by atoms with E-state index in [1.807, 2.05) is 37.5 Å². The minimum absolute atomic E-state index is 0.0186. The largest absolute Gasteiger partial charge is 0.363 e. The van der Waals surface area contributed by atoms with Crippen LogP contribution in [-0.4, -0.2) is 66.4 Å². The van der Waals surface area contributed by atoms with Crippen LogP contribution in [0.5, 0.6) is 0 Å². The number of hydrogen-bond acceptors (Lipinski definition) is 6. The van der Waals surface area contributed by atoms with E-state index in [2.05, 4.69) is 10.6 Å². The Morgan fingerprint density at radius 1 is 1.07 bits per heavy atom. The third kappa shape index (κ3) is 5.91. The van der Waals surface area contributed by atoms with Crippen molar-refractivity contribution < 1.29 is 14.5 Å². The van der Waals surface area contributed by atoms with Gasteiger partial charge in [-0.25, -0.2) is 0 Å². The molecule has 0 aliphatic carbocycles. The molecule has 2 amide bonds. The summed E-state index contributed by atoms with van der Waals surface area (Å²) in [5.41, 5.74) is 0.688. The molecule has 1 aromatic carbocycles. The van der Waals surface area contributed by atoms with Gasteiger partial charge in [0.25, 0.3) is 11.6 Å². The van der Waals surface area contributed by atoms with E-state index in [0.717, 1.165) is 0 Å². The van der Waals surface area contributed by atoms with Crippen LogP contribution < -0.4 is 15.5 Å². The summed E-state index contributed by atoms with van der Waals surface area (Å²) in [7, 11) is 0. The van der Waals surface area contributed by atoms with E-state index < -0.39 is 4.92 Å². The van der Waals surface area contributed by atoms with Crippen LogP contribution in [-0.2, 0) is 4.79 Å². The number of anilines is 1. The molecule has 2 N–H and O–H groups in total. The van der Waals surface area contributed by atoms with Crippen LogP contribution in [0, 0.1) is 10.1 Å². The molecule has 0 aromatic heterocycles. The molecule has 1 aliphatic heterocycles. The van der Waals surface area contributed by atoms with E-state index in [-0.39, 0.29) is 35.1 Å². The van der Waals surface area contributed by atoms with Gasteiger partial charge in [-0.15, -0.1) is 0 Å². The summed E-state index contributed by atoms with van der Waals surface area (Å²) in [6.07, 6.45) is 0. The van der Waals surface area contributed by atoms with Crippen molar-refractivity contribution in [1.82, 2.24) is 15.5 Å². The lowest BCUT2D eigenvalue weighted by Gasteiger charge is -2.35. The lowest BCUT2D eigenvalue weighted by molar-refractivity contribution is -0.384. The Morgan fingerprint density at radius 2 is 1.68 bits per heavy atom. The first-order valence-corrected chi connectivity index (χ1v) is 9.53. The molecule has 1 saturated heterocycles. The van der Waals surface area contributed by atoms with E-state index in [0.29, 0.717) is 38.4 Å². The van der Waals surface area contributed by atoms with Crippen LogP contribution in [0.2, 0.25) is 0 Å². The number of nitro benzene ring substituents is 1. The van der Waals surface area contributed by atoms with Crippen molar-refractivity contribution in [3.05, 3.63) is 33.9 Å². The molecule has 0 spiro atoms. The summed E-state index contributed by atoms with van der Waals surface area (Å²) in [6.45, 7) is 10.3. The van der Waals surface area contributed by atoms with Crippen LogP contribution in [0.4, 0.5) is 11.4 Å². The van der Waals surface area contributed by atoms with Gasteiger partial charge in [0, 0.05) is 49.9 Å². The van der Waals surface area contributed by atoms with Gasteiger partial charge in [-0.05, 0) is 39.8 Å². The zero-order valence-electron chi connectivity index (χ0n) is 16.9. The third-order valence-electron chi connectivity index (χ3n) is 4.38. The summed E-state index contributed by atoms with van der Waals surface area (Å²) in [5, 5.41) is 17.2. The highest BCUT2D eigenvalue weighted by molar-refractivity contribution is 5.96. The number of carbonyl (C=O) groups excluding carboxylic acids is 2. The zero-order chi connectivity index (χ0) is 20.8. The Morgan fingerprint density at radius 3 is 2.21 bits per heavy atom. The smallest absolute Gasteiger partial charge is 0.293 e. The van der Waals surface area contributed by atoms with Crippen molar-refractivity contribution >= 4 is 23.2 Å². The summed E-state index contributed by atoms with van der Waals surface area (Å²) >= 11 is 0. The third-order valence-corrected chi connectivity index (χ3v) is 4.38. The van der Waals surface area contributed by atoms with E-state index >= 15 is 0 Å². The van der Waals surface area contributed by atoms with Gasteiger partial charge in [-0.2, -0.15) is 0 Å².